The molecule has 0 bridgehead atoms. The van der Waals surface area contributed by atoms with Crippen molar-refractivity contribution < 1.29 is 19.0 Å². The van der Waals surface area contributed by atoms with Gasteiger partial charge in [0.25, 0.3) is 0 Å². The lowest BCUT2D eigenvalue weighted by atomic mass is 10.2. The fourth-order valence-corrected chi connectivity index (χ4v) is 2.46. The summed E-state index contributed by atoms with van der Waals surface area (Å²) in [7, 11) is 0. The standard InChI is InChI=1S/C16H24FN3O3/c17-15-4-2-1-3-14(15)13-18-16(22)20-7-5-19(6-8-20)9-11-23-12-10-21/h1-4,21H,5-13H2,(H,18,22). The Bertz CT molecular complexity index is 493. The van der Waals surface area contributed by atoms with Crippen LogP contribution in [0.15, 0.2) is 24.3 Å². The SMILES string of the molecule is O=C(NCc1ccccc1F)N1CCN(CCOCCO)CC1. The molecule has 1 aromatic rings. The van der Waals surface area contributed by atoms with Crippen LogP contribution in [0.5, 0.6) is 0 Å². The fraction of sp³-hybridized carbons (Fsp3) is 0.562. The van der Waals surface area contributed by atoms with Crippen LogP contribution in [0.4, 0.5) is 9.18 Å². The van der Waals surface area contributed by atoms with Crippen molar-refractivity contribution in [1.82, 2.24) is 15.1 Å². The highest BCUT2D eigenvalue weighted by molar-refractivity contribution is 5.74. The van der Waals surface area contributed by atoms with Crippen molar-refractivity contribution in [3.8, 4) is 0 Å². The van der Waals surface area contributed by atoms with E-state index in [1.165, 1.54) is 6.07 Å². The number of hydrogen-bond acceptors (Lipinski definition) is 4. The summed E-state index contributed by atoms with van der Waals surface area (Å²) in [5.74, 6) is -0.305. The van der Waals surface area contributed by atoms with E-state index in [-0.39, 0.29) is 25.0 Å². The third-order valence-electron chi connectivity index (χ3n) is 3.83. The molecule has 0 radical (unpaired) electrons. The number of aliphatic hydroxyl groups excluding tert-OH is 1. The van der Waals surface area contributed by atoms with E-state index in [1.807, 2.05) is 0 Å². The van der Waals surface area contributed by atoms with Gasteiger partial charge in [-0.3, -0.25) is 4.90 Å². The van der Waals surface area contributed by atoms with E-state index in [4.69, 9.17) is 9.84 Å². The quantitative estimate of drug-likeness (QED) is 0.723. The van der Waals surface area contributed by atoms with Gasteiger partial charge in [-0.15, -0.1) is 0 Å². The highest BCUT2D eigenvalue weighted by Crippen LogP contribution is 2.07. The Morgan fingerprint density at radius 2 is 1.96 bits per heavy atom. The number of rotatable bonds is 7. The zero-order valence-electron chi connectivity index (χ0n) is 13.2. The predicted molar refractivity (Wildman–Crippen MR) is 84.6 cm³/mol. The lowest BCUT2D eigenvalue weighted by Gasteiger charge is -2.34. The number of nitrogens with zero attached hydrogens (tertiary/aromatic N) is 2. The van der Waals surface area contributed by atoms with Gasteiger partial charge in [-0.1, -0.05) is 18.2 Å². The number of carbonyl (C=O) groups excluding carboxylic acids is 1. The molecule has 0 atom stereocenters. The van der Waals surface area contributed by atoms with E-state index >= 15 is 0 Å². The maximum atomic E-state index is 13.5. The summed E-state index contributed by atoms with van der Waals surface area (Å²) in [5.41, 5.74) is 0.487. The van der Waals surface area contributed by atoms with Gasteiger partial charge in [-0.2, -0.15) is 0 Å². The van der Waals surface area contributed by atoms with E-state index in [0.717, 1.165) is 19.6 Å². The van der Waals surface area contributed by atoms with Crippen molar-refractivity contribution in [2.45, 2.75) is 6.54 Å². The van der Waals surface area contributed by atoms with Crippen molar-refractivity contribution in [3.05, 3.63) is 35.6 Å². The van der Waals surface area contributed by atoms with Crippen molar-refractivity contribution in [2.75, 3.05) is 52.5 Å². The molecule has 0 spiro atoms. The van der Waals surface area contributed by atoms with Crippen LogP contribution in [-0.2, 0) is 11.3 Å². The lowest BCUT2D eigenvalue weighted by molar-refractivity contribution is 0.0618. The summed E-state index contributed by atoms with van der Waals surface area (Å²) in [6.07, 6.45) is 0. The first-order chi connectivity index (χ1) is 11.2. The summed E-state index contributed by atoms with van der Waals surface area (Å²) < 4.78 is 18.7. The molecule has 1 aromatic carbocycles. The van der Waals surface area contributed by atoms with Gasteiger partial charge in [-0.25, -0.2) is 9.18 Å². The number of benzene rings is 1. The highest BCUT2D eigenvalue weighted by atomic mass is 19.1. The maximum Gasteiger partial charge on any atom is 0.317 e. The summed E-state index contributed by atoms with van der Waals surface area (Å²) in [6.45, 7) is 4.83. The molecule has 0 saturated carbocycles. The number of ether oxygens (including phenoxy) is 1. The van der Waals surface area contributed by atoms with Gasteiger partial charge in [0.2, 0.25) is 0 Å². The number of urea groups is 1. The number of hydrogen-bond donors (Lipinski definition) is 2. The van der Waals surface area contributed by atoms with Gasteiger partial charge in [0.15, 0.2) is 0 Å². The average molecular weight is 325 g/mol. The van der Waals surface area contributed by atoms with E-state index in [0.29, 0.717) is 31.9 Å². The highest BCUT2D eigenvalue weighted by Gasteiger charge is 2.20. The molecule has 2 N–H and O–H groups in total. The van der Waals surface area contributed by atoms with E-state index in [1.54, 1.807) is 23.1 Å². The van der Waals surface area contributed by atoms with Crippen molar-refractivity contribution >= 4 is 6.03 Å². The van der Waals surface area contributed by atoms with Crippen molar-refractivity contribution in [2.24, 2.45) is 0 Å². The molecule has 1 heterocycles. The first kappa shape index (κ1) is 17.7. The normalized spacial score (nSPS) is 15.7. The number of amides is 2. The molecule has 23 heavy (non-hydrogen) atoms. The van der Waals surface area contributed by atoms with Gasteiger partial charge < -0.3 is 20.1 Å². The second-order valence-electron chi connectivity index (χ2n) is 5.41. The van der Waals surface area contributed by atoms with Crippen LogP contribution in [0.1, 0.15) is 5.56 Å². The summed E-state index contributed by atoms with van der Waals surface area (Å²) in [5, 5.41) is 11.4. The number of piperazine rings is 1. The minimum atomic E-state index is -0.305. The van der Waals surface area contributed by atoms with Gasteiger partial charge in [-0.05, 0) is 6.07 Å². The Morgan fingerprint density at radius 1 is 1.22 bits per heavy atom. The van der Waals surface area contributed by atoms with E-state index < -0.39 is 0 Å². The van der Waals surface area contributed by atoms with Crippen molar-refractivity contribution in [1.29, 1.82) is 0 Å². The molecule has 1 aliphatic heterocycles. The third kappa shape index (κ3) is 5.78. The zero-order valence-corrected chi connectivity index (χ0v) is 13.2. The Hall–Kier alpha value is -1.70. The molecule has 7 heteroatoms. The van der Waals surface area contributed by atoms with Crippen LogP contribution in [0, 0.1) is 5.82 Å². The average Bonchev–Trinajstić information content (AvgIpc) is 2.58. The lowest BCUT2D eigenvalue weighted by Crippen LogP contribution is -2.52. The second-order valence-corrected chi connectivity index (χ2v) is 5.41. The van der Waals surface area contributed by atoms with Gasteiger partial charge >= 0.3 is 6.03 Å². The molecule has 2 amide bonds. The summed E-state index contributed by atoms with van der Waals surface area (Å²) in [4.78, 5) is 16.1. The molecule has 0 aromatic heterocycles. The van der Waals surface area contributed by atoms with E-state index in [2.05, 4.69) is 10.2 Å². The van der Waals surface area contributed by atoms with Crippen LogP contribution < -0.4 is 5.32 Å². The molecular weight excluding hydrogens is 301 g/mol. The molecule has 1 fully saturated rings. The molecule has 6 nitrogen and oxygen atoms in total. The van der Waals surface area contributed by atoms with Crippen LogP contribution in [0.3, 0.4) is 0 Å². The minimum Gasteiger partial charge on any atom is -0.394 e. The number of carbonyl (C=O) groups is 1. The largest absolute Gasteiger partial charge is 0.394 e. The first-order valence-electron chi connectivity index (χ1n) is 7.88. The van der Waals surface area contributed by atoms with Crippen LogP contribution in [0.2, 0.25) is 0 Å². The minimum absolute atomic E-state index is 0.0377. The third-order valence-corrected chi connectivity index (χ3v) is 3.83. The van der Waals surface area contributed by atoms with Gasteiger partial charge in [0, 0.05) is 44.8 Å². The number of aliphatic hydroxyl groups is 1. The Balaban J connectivity index is 1.66. The number of nitrogens with one attached hydrogen (secondary N) is 1. The van der Waals surface area contributed by atoms with Crippen LogP contribution in [0.25, 0.3) is 0 Å². The second kappa shape index (κ2) is 9.44. The molecule has 128 valence electrons. The topological polar surface area (TPSA) is 65.0 Å². The van der Waals surface area contributed by atoms with Gasteiger partial charge in [0.1, 0.15) is 5.82 Å². The van der Waals surface area contributed by atoms with E-state index in [9.17, 15) is 9.18 Å². The molecule has 0 unspecified atom stereocenters. The monoisotopic (exact) mass is 325 g/mol. The molecule has 1 aliphatic rings. The Labute approximate surface area is 135 Å². The maximum absolute atomic E-state index is 13.5. The fourth-order valence-electron chi connectivity index (χ4n) is 2.46. The molecule has 1 saturated heterocycles. The zero-order chi connectivity index (χ0) is 16.5. The Kier molecular flexibility index (Phi) is 7.25. The predicted octanol–water partition coefficient (Wildman–Crippen LogP) is 0.662. The summed E-state index contributed by atoms with van der Waals surface area (Å²) >= 11 is 0. The smallest absolute Gasteiger partial charge is 0.317 e. The molecule has 0 aliphatic carbocycles. The van der Waals surface area contributed by atoms with Crippen LogP contribution in [-0.4, -0.2) is 73.5 Å². The van der Waals surface area contributed by atoms with Crippen LogP contribution >= 0.6 is 0 Å². The van der Waals surface area contributed by atoms with Crippen molar-refractivity contribution in [3.63, 3.8) is 0 Å². The van der Waals surface area contributed by atoms with Gasteiger partial charge in [0.05, 0.1) is 19.8 Å². The first-order valence-corrected chi connectivity index (χ1v) is 7.88. The molecule has 2 rings (SSSR count). The molecular formula is C16H24FN3O3. The Morgan fingerprint density at radius 3 is 2.65 bits per heavy atom. The summed E-state index contributed by atoms with van der Waals surface area (Å²) in [6, 6.07) is 6.27. The number of halogens is 1.